The third kappa shape index (κ3) is 2.73. The Morgan fingerprint density at radius 3 is 2.35 bits per heavy atom. The van der Waals surface area contributed by atoms with E-state index in [0.717, 1.165) is 0 Å². The number of furan rings is 1. The highest BCUT2D eigenvalue weighted by atomic mass is 35.5. The van der Waals surface area contributed by atoms with Crippen LogP contribution in [0.2, 0.25) is 5.22 Å². The van der Waals surface area contributed by atoms with Gasteiger partial charge in [-0.05, 0) is 36.8 Å². The average molecular weight is 300 g/mol. The Bertz CT molecular complexity index is 600. The van der Waals surface area contributed by atoms with Crippen molar-refractivity contribution in [2.75, 3.05) is 21.3 Å². The van der Waals surface area contributed by atoms with E-state index in [1.807, 2.05) is 0 Å². The van der Waals surface area contributed by atoms with Crippen molar-refractivity contribution in [3.05, 3.63) is 46.6 Å². The lowest BCUT2D eigenvalue weighted by atomic mass is 10.0. The third-order valence-corrected chi connectivity index (χ3v) is 3.18. The van der Waals surface area contributed by atoms with Crippen molar-refractivity contribution in [1.29, 1.82) is 0 Å². The Labute approximate surface area is 121 Å². The predicted molar refractivity (Wildman–Crippen MR) is 74.1 cm³/mol. The minimum Gasteiger partial charge on any atom is -0.493 e. The zero-order chi connectivity index (χ0) is 14.7. The smallest absolute Gasteiger partial charge is 0.193 e. The lowest BCUT2D eigenvalue weighted by Gasteiger charge is -2.17. The molecule has 0 saturated heterocycles. The highest BCUT2D eigenvalue weighted by Crippen LogP contribution is 2.35. The van der Waals surface area contributed by atoms with Gasteiger partial charge in [0.1, 0.15) is 11.6 Å². The van der Waals surface area contributed by atoms with Crippen molar-refractivity contribution in [3.8, 4) is 11.5 Å². The van der Waals surface area contributed by atoms with Crippen molar-refractivity contribution in [2.24, 2.45) is 0 Å². The molecule has 0 aliphatic carbocycles. The molecule has 4 nitrogen and oxygen atoms in total. The molecule has 0 aliphatic rings. The molecule has 1 aromatic carbocycles. The van der Waals surface area contributed by atoms with Crippen molar-refractivity contribution in [2.45, 2.75) is 6.04 Å². The summed E-state index contributed by atoms with van der Waals surface area (Å²) in [5, 5.41) is 3.24. The van der Waals surface area contributed by atoms with Gasteiger partial charge in [0.05, 0.1) is 20.3 Å². The van der Waals surface area contributed by atoms with Crippen LogP contribution in [0, 0.1) is 5.82 Å². The number of hydrogen-bond acceptors (Lipinski definition) is 4. The SMILES string of the molecule is CNC(c1ccc(Cl)o1)c1cc(OC)c(OC)cc1F. The summed E-state index contributed by atoms with van der Waals surface area (Å²) in [5.41, 5.74) is 0.385. The van der Waals surface area contributed by atoms with Gasteiger partial charge in [0.2, 0.25) is 0 Å². The second-order valence-corrected chi connectivity index (χ2v) is 4.46. The minimum absolute atomic E-state index is 0.251. The van der Waals surface area contributed by atoms with Crippen LogP contribution in [0.5, 0.6) is 11.5 Å². The van der Waals surface area contributed by atoms with E-state index in [2.05, 4.69) is 5.32 Å². The van der Waals surface area contributed by atoms with Gasteiger partial charge in [-0.2, -0.15) is 0 Å². The summed E-state index contributed by atoms with van der Waals surface area (Å²) in [7, 11) is 4.66. The van der Waals surface area contributed by atoms with E-state index < -0.39 is 11.9 Å². The molecule has 1 heterocycles. The summed E-state index contributed by atoms with van der Waals surface area (Å²) in [6, 6.07) is 5.69. The maximum absolute atomic E-state index is 14.2. The molecule has 1 atom stereocenters. The van der Waals surface area contributed by atoms with Crippen LogP contribution in [0.25, 0.3) is 0 Å². The largest absolute Gasteiger partial charge is 0.493 e. The van der Waals surface area contributed by atoms with Crippen molar-refractivity contribution < 1.29 is 18.3 Å². The lowest BCUT2D eigenvalue weighted by Crippen LogP contribution is -2.18. The minimum atomic E-state index is -0.470. The van der Waals surface area contributed by atoms with Crippen molar-refractivity contribution >= 4 is 11.6 Å². The van der Waals surface area contributed by atoms with Crippen LogP contribution in [0.1, 0.15) is 17.4 Å². The summed E-state index contributed by atoms with van der Waals surface area (Å²) in [6.07, 6.45) is 0. The van der Waals surface area contributed by atoms with Crippen LogP contribution in [-0.4, -0.2) is 21.3 Å². The molecular formula is C14H15ClFNO3. The highest BCUT2D eigenvalue weighted by Gasteiger charge is 2.22. The van der Waals surface area contributed by atoms with Crippen LogP contribution < -0.4 is 14.8 Å². The summed E-state index contributed by atoms with van der Waals surface area (Å²) >= 11 is 5.76. The first kappa shape index (κ1) is 14.7. The average Bonchev–Trinajstić information content (AvgIpc) is 2.87. The topological polar surface area (TPSA) is 43.6 Å². The molecule has 0 bridgehead atoms. The van der Waals surface area contributed by atoms with Crippen molar-refractivity contribution in [1.82, 2.24) is 5.32 Å². The molecule has 2 rings (SSSR count). The van der Waals surface area contributed by atoms with Crippen LogP contribution in [0.4, 0.5) is 4.39 Å². The van der Waals surface area contributed by atoms with Crippen LogP contribution >= 0.6 is 11.6 Å². The summed E-state index contributed by atoms with van der Waals surface area (Å²) in [6.45, 7) is 0. The molecule has 1 N–H and O–H groups in total. The molecule has 1 unspecified atom stereocenters. The zero-order valence-corrected chi connectivity index (χ0v) is 12.1. The Hall–Kier alpha value is -1.72. The number of halogens is 2. The maximum Gasteiger partial charge on any atom is 0.193 e. The van der Waals surface area contributed by atoms with Gasteiger partial charge < -0.3 is 19.2 Å². The number of hydrogen-bond donors (Lipinski definition) is 1. The van der Waals surface area contributed by atoms with E-state index in [9.17, 15) is 4.39 Å². The highest BCUT2D eigenvalue weighted by molar-refractivity contribution is 6.28. The Morgan fingerprint density at radius 2 is 1.85 bits per heavy atom. The summed E-state index contributed by atoms with van der Waals surface area (Å²) < 4.78 is 29.8. The Morgan fingerprint density at radius 1 is 1.20 bits per heavy atom. The Kier molecular flexibility index (Phi) is 4.52. The fourth-order valence-corrected chi connectivity index (χ4v) is 2.18. The van der Waals surface area contributed by atoms with Crippen LogP contribution in [0.3, 0.4) is 0 Å². The van der Waals surface area contributed by atoms with E-state index in [1.54, 1.807) is 25.2 Å². The molecule has 0 spiro atoms. The lowest BCUT2D eigenvalue weighted by molar-refractivity contribution is 0.350. The zero-order valence-electron chi connectivity index (χ0n) is 11.4. The molecular weight excluding hydrogens is 285 g/mol. The van der Waals surface area contributed by atoms with Gasteiger partial charge in [0, 0.05) is 11.6 Å². The monoisotopic (exact) mass is 299 g/mol. The number of ether oxygens (including phenoxy) is 2. The standard InChI is InChI=1S/C14H15ClFNO3/c1-17-14(10-4-5-13(15)20-10)8-6-11(18-2)12(19-3)7-9(8)16/h4-7,14,17H,1-3H3. The number of rotatable bonds is 5. The second-order valence-electron chi connectivity index (χ2n) is 4.09. The molecule has 0 aliphatic heterocycles. The first-order valence-electron chi connectivity index (χ1n) is 5.94. The quantitative estimate of drug-likeness (QED) is 0.919. The van der Waals surface area contributed by atoms with E-state index in [1.165, 1.54) is 20.3 Å². The summed E-state index contributed by atoms with van der Waals surface area (Å²) in [4.78, 5) is 0. The molecule has 6 heteroatoms. The second kappa shape index (κ2) is 6.15. The molecule has 108 valence electrons. The van der Waals surface area contributed by atoms with Gasteiger partial charge in [-0.25, -0.2) is 4.39 Å². The van der Waals surface area contributed by atoms with Crippen LogP contribution in [-0.2, 0) is 0 Å². The first-order chi connectivity index (χ1) is 9.60. The molecule has 1 aromatic heterocycles. The maximum atomic E-state index is 14.2. The molecule has 20 heavy (non-hydrogen) atoms. The third-order valence-electron chi connectivity index (χ3n) is 2.98. The molecule has 0 radical (unpaired) electrons. The first-order valence-corrected chi connectivity index (χ1v) is 6.32. The van der Waals surface area contributed by atoms with E-state index >= 15 is 0 Å². The molecule has 0 saturated carbocycles. The van der Waals surface area contributed by atoms with Gasteiger partial charge in [-0.15, -0.1) is 0 Å². The predicted octanol–water partition coefficient (Wildman–Crippen LogP) is 3.40. The summed E-state index contributed by atoms with van der Waals surface area (Å²) in [5.74, 6) is 0.876. The fraction of sp³-hybridized carbons (Fsp3) is 0.286. The van der Waals surface area contributed by atoms with Gasteiger partial charge >= 0.3 is 0 Å². The normalized spacial score (nSPS) is 12.2. The van der Waals surface area contributed by atoms with Gasteiger partial charge in [0.25, 0.3) is 0 Å². The van der Waals surface area contributed by atoms with E-state index in [0.29, 0.717) is 22.8 Å². The van der Waals surface area contributed by atoms with Gasteiger partial charge in [-0.3, -0.25) is 0 Å². The van der Waals surface area contributed by atoms with Gasteiger partial charge in [0.15, 0.2) is 16.7 Å². The number of methoxy groups -OCH3 is 2. The van der Waals surface area contributed by atoms with E-state index in [-0.39, 0.29) is 5.22 Å². The molecule has 0 fully saturated rings. The molecule has 0 amide bonds. The number of benzene rings is 1. The molecule has 2 aromatic rings. The van der Waals surface area contributed by atoms with E-state index in [4.69, 9.17) is 25.5 Å². The Balaban J connectivity index is 2.49. The number of nitrogens with one attached hydrogen (secondary N) is 1. The van der Waals surface area contributed by atoms with Crippen LogP contribution in [0.15, 0.2) is 28.7 Å². The van der Waals surface area contributed by atoms with Gasteiger partial charge in [-0.1, -0.05) is 0 Å². The van der Waals surface area contributed by atoms with Crippen molar-refractivity contribution in [3.63, 3.8) is 0 Å². The fourth-order valence-electron chi connectivity index (χ4n) is 2.03.